The van der Waals surface area contributed by atoms with Crippen LogP contribution in [0.1, 0.15) is 38.5 Å². The molecule has 0 saturated carbocycles. The Hall–Kier alpha value is -1.90. The molecule has 0 saturated heterocycles. The number of amides is 1. The van der Waals surface area contributed by atoms with E-state index < -0.39 is 10.0 Å². The Kier molecular flexibility index (Phi) is 8.47. The van der Waals surface area contributed by atoms with Crippen LogP contribution in [0.2, 0.25) is 0 Å². The molecule has 0 aliphatic heterocycles. The molecule has 0 bridgehead atoms. The normalized spacial score (nSPS) is 11.6. The third-order valence-corrected chi connectivity index (χ3v) is 7.26. The molecule has 0 radical (unpaired) electrons. The molecule has 0 atom stereocenters. The SMILES string of the molecule is CCOc1ccc(NC(=O)CCCc2cccs2)cc1S(=O)(=O)N(CC)CC. The molecule has 0 fully saturated rings. The van der Waals surface area contributed by atoms with Gasteiger partial charge in [-0.15, -0.1) is 11.3 Å². The number of sulfonamides is 1. The van der Waals surface area contributed by atoms with E-state index in [4.69, 9.17) is 4.74 Å². The highest BCUT2D eigenvalue weighted by molar-refractivity contribution is 7.89. The highest BCUT2D eigenvalue weighted by atomic mass is 32.2. The minimum Gasteiger partial charge on any atom is -0.492 e. The maximum Gasteiger partial charge on any atom is 0.246 e. The van der Waals surface area contributed by atoms with Crippen LogP contribution in [0, 0.1) is 0 Å². The van der Waals surface area contributed by atoms with Gasteiger partial charge < -0.3 is 10.1 Å². The van der Waals surface area contributed by atoms with Gasteiger partial charge in [-0.1, -0.05) is 19.9 Å². The molecule has 8 heteroatoms. The lowest BCUT2D eigenvalue weighted by atomic mass is 10.2. The molecule has 0 unspecified atom stereocenters. The van der Waals surface area contributed by atoms with Crippen LogP contribution in [0.25, 0.3) is 0 Å². The van der Waals surface area contributed by atoms with Gasteiger partial charge in [-0.05, 0) is 49.4 Å². The first kappa shape index (κ1) is 22.4. The number of ether oxygens (including phenoxy) is 1. The number of aryl methyl sites for hydroxylation is 1. The zero-order valence-electron chi connectivity index (χ0n) is 16.6. The molecule has 154 valence electrons. The number of rotatable bonds is 11. The summed E-state index contributed by atoms with van der Waals surface area (Å²) in [6.45, 7) is 6.47. The number of hydrogen-bond acceptors (Lipinski definition) is 5. The number of nitrogens with zero attached hydrogens (tertiary/aromatic N) is 1. The monoisotopic (exact) mass is 424 g/mol. The van der Waals surface area contributed by atoms with Crippen molar-refractivity contribution in [2.24, 2.45) is 0 Å². The fourth-order valence-corrected chi connectivity index (χ4v) is 5.23. The van der Waals surface area contributed by atoms with Crippen molar-refractivity contribution in [3.63, 3.8) is 0 Å². The number of carbonyl (C=O) groups excluding carboxylic acids is 1. The number of anilines is 1. The average Bonchev–Trinajstić information content (AvgIpc) is 3.17. The van der Waals surface area contributed by atoms with E-state index >= 15 is 0 Å². The van der Waals surface area contributed by atoms with E-state index in [0.29, 0.717) is 37.6 Å². The maximum absolute atomic E-state index is 13.0. The Morgan fingerprint density at radius 2 is 1.93 bits per heavy atom. The van der Waals surface area contributed by atoms with Crippen molar-refractivity contribution < 1.29 is 17.9 Å². The van der Waals surface area contributed by atoms with Crippen LogP contribution in [0.4, 0.5) is 5.69 Å². The van der Waals surface area contributed by atoms with E-state index in [2.05, 4.69) is 11.4 Å². The summed E-state index contributed by atoms with van der Waals surface area (Å²) in [5.41, 5.74) is 0.454. The quantitative estimate of drug-likeness (QED) is 0.588. The Balaban J connectivity index is 2.13. The predicted octanol–water partition coefficient (Wildman–Crippen LogP) is 4.14. The van der Waals surface area contributed by atoms with Gasteiger partial charge in [0.15, 0.2) is 0 Å². The zero-order valence-corrected chi connectivity index (χ0v) is 18.2. The molecule has 0 aliphatic rings. The fraction of sp³-hybridized carbons (Fsp3) is 0.450. The highest BCUT2D eigenvalue weighted by Crippen LogP contribution is 2.30. The van der Waals surface area contributed by atoms with Crippen LogP contribution >= 0.6 is 11.3 Å². The van der Waals surface area contributed by atoms with Gasteiger partial charge in [0.25, 0.3) is 0 Å². The van der Waals surface area contributed by atoms with Gasteiger partial charge in [-0.3, -0.25) is 4.79 Å². The second-order valence-corrected chi connectivity index (χ2v) is 9.10. The summed E-state index contributed by atoms with van der Waals surface area (Å²) >= 11 is 1.68. The van der Waals surface area contributed by atoms with E-state index in [1.807, 2.05) is 11.4 Å². The molecule has 6 nitrogen and oxygen atoms in total. The van der Waals surface area contributed by atoms with E-state index in [9.17, 15) is 13.2 Å². The van der Waals surface area contributed by atoms with Crippen LogP contribution in [0.5, 0.6) is 5.75 Å². The van der Waals surface area contributed by atoms with E-state index in [-0.39, 0.29) is 10.8 Å². The lowest BCUT2D eigenvalue weighted by Crippen LogP contribution is -2.31. The highest BCUT2D eigenvalue weighted by Gasteiger charge is 2.26. The number of thiophene rings is 1. The Morgan fingerprint density at radius 1 is 1.18 bits per heavy atom. The van der Waals surface area contributed by atoms with Crippen molar-refractivity contribution in [2.75, 3.05) is 25.0 Å². The van der Waals surface area contributed by atoms with Crippen LogP contribution in [-0.2, 0) is 21.2 Å². The Morgan fingerprint density at radius 3 is 2.54 bits per heavy atom. The summed E-state index contributed by atoms with van der Waals surface area (Å²) in [7, 11) is -3.70. The Bertz CT molecular complexity index is 860. The third kappa shape index (κ3) is 5.80. The number of nitrogens with one attached hydrogen (secondary N) is 1. The Labute approximate surface area is 171 Å². The molecule has 1 amide bonds. The van der Waals surface area contributed by atoms with Gasteiger partial charge in [0, 0.05) is 30.1 Å². The summed E-state index contributed by atoms with van der Waals surface area (Å²) in [6.07, 6.45) is 1.98. The molecule has 0 spiro atoms. The molecule has 1 aromatic heterocycles. The van der Waals surface area contributed by atoms with E-state index in [1.165, 1.54) is 15.2 Å². The second-order valence-electron chi connectivity index (χ2n) is 6.16. The number of benzene rings is 1. The predicted molar refractivity (Wildman–Crippen MR) is 114 cm³/mol. The van der Waals surface area contributed by atoms with Crippen LogP contribution in [-0.4, -0.2) is 38.3 Å². The molecular formula is C20H28N2O4S2. The topological polar surface area (TPSA) is 75.7 Å². The van der Waals surface area contributed by atoms with Crippen LogP contribution in [0.3, 0.4) is 0 Å². The first-order valence-electron chi connectivity index (χ1n) is 9.51. The summed E-state index contributed by atoms with van der Waals surface area (Å²) < 4.78 is 32.8. The molecule has 0 aliphatic carbocycles. The van der Waals surface area contributed by atoms with Crippen LogP contribution < -0.4 is 10.1 Å². The minimum atomic E-state index is -3.70. The first-order valence-corrected chi connectivity index (χ1v) is 11.8. The van der Waals surface area contributed by atoms with E-state index in [1.54, 1.807) is 44.2 Å². The molecule has 28 heavy (non-hydrogen) atoms. The van der Waals surface area contributed by atoms with Gasteiger partial charge in [-0.25, -0.2) is 8.42 Å². The molecule has 1 heterocycles. The largest absolute Gasteiger partial charge is 0.492 e. The zero-order chi connectivity index (χ0) is 20.6. The lowest BCUT2D eigenvalue weighted by Gasteiger charge is -2.21. The summed E-state index contributed by atoms with van der Waals surface area (Å²) in [5, 5.41) is 4.83. The summed E-state index contributed by atoms with van der Waals surface area (Å²) in [4.78, 5) is 13.6. The van der Waals surface area contributed by atoms with E-state index in [0.717, 1.165) is 12.8 Å². The minimum absolute atomic E-state index is 0.0782. The van der Waals surface area contributed by atoms with Crippen molar-refractivity contribution in [2.45, 2.75) is 44.9 Å². The summed E-state index contributed by atoms with van der Waals surface area (Å²) in [6, 6.07) is 8.80. The molecule has 1 aromatic carbocycles. The third-order valence-electron chi connectivity index (χ3n) is 4.26. The van der Waals surface area contributed by atoms with Crippen molar-refractivity contribution in [3.8, 4) is 5.75 Å². The first-order chi connectivity index (χ1) is 13.4. The molecule has 2 aromatic rings. The van der Waals surface area contributed by atoms with Crippen molar-refractivity contribution in [3.05, 3.63) is 40.6 Å². The molecule has 2 rings (SSSR count). The van der Waals surface area contributed by atoms with Crippen molar-refractivity contribution in [1.29, 1.82) is 0 Å². The standard InChI is InChI=1S/C20H28N2O4S2/c1-4-22(5-2)28(24,25)19-15-16(12-13-18(19)26-6-3)21-20(23)11-7-9-17-10-8-14-27-17/h8,10,12-15H,4-7,9,11H2,1-3H3,(H,21,23). The van der Waals surface area contributed by atoms with Crippen molar-refractivity contribution >= 4 is 33.0 Å². The second kappa shape index (κ2) is 10.6. The number of carbonyl (C=O) groups is 1. The summed E-state index contributed by atoms with van der Waals surface area (Å²) in [5.74, 6) is 0.164. The average molecular weight is 425 g/mol. The van der Waals surface area contributed by atoms with Gasteiger partial charge in [-0.2, -0.15) is 4.31 Å². The molecular weight excluding hydrogens is 396 g/mol. The van der Waals surface area contributed by atoms with Gasteiger partial charge in [0.1, 0.15) is 10.6 Å². The number of hydrogen-bond donors (Lipinski definition) is 1. The van der Waals surface area contributed by atoms with Gasteiger partial charge in [0.2, 0.25) is 15.9 Å². The molecule has 1 N–H and O–H groups in total. The van der Waals surface area contributed by atoms with Crippen LogP contribution in [0.15, 0.2) is 40.6 Å². The van der Waals surface area contributed by atoms with Gasteiger partial charge in [0.05, 0.1) is 6.61 Å². The smallest absolute Gasteiger partial charge is 0.246 e. The lowest BCUT2D eigenvalue weighted by molar-refractivity contribution is -0.116. The maximum atomic E-state index is 13.0. The van der Waals surface area contributed by atoms with Crippen molar-refractivity contribution in [1.82, 2.24) is 4.31 Å². The van der Waals surface area contributed by atoms with Gasteiger partial charge >= 0.3 is 0 Å². The fourth-order valence-electron chi connectivity index (χ4n) is 2.87.